The molecular weight excluding hydrogens is 292 g/mol. The minimum atomic E-state index is -0.118. The molecule has 1 amide bonds. The van der Waals surface area contributed by atoms with E-state index in [2.05, 4.69) is 0 Å². The van der Waals surface area contributed by atoms with Gasteiger partial charge in [-0.1, -0.05) is 18.2 Å². The first-order valence-corrected chi connectivity index (χ1v) is 8.67. The van der Waals surface area contributed by atoms with Gasteiger partial charge >= 0.3 is 0 Å². The first-order valence-electron chi connectivity index (χ1n) is 8.26. The lowest BCUT2D eigenvalue weighted by atomic mass is 9.52. The number of benzene rings is 1. The molecule has 4 aliphatic rings. The molecule has 4 saturated carbocycles. The SMILES string of the molecule is NC(=S)N(C(=O)c1ccccc1)C12CC3CC(CC(C3)C1)C2. The third-order valence-electron chi connectivity index (χ3n) is 5.92. The molecule has 0 saturated heterocycles. The molecule has 4 heteroatoms. The fourth-order valence-corrected chi connectivity index (χ4v) is 5.87. The Bertz CT molecular complexity index is 577. The van der Waals surface area contributed by atoms with Crippen LogP contribution in [0, 0.1) is 17.8 Å². The molecule has 3 nitrogen and oxygen atoms in total. The summed E-state index contributed by atoms with van der Waals surface area (Å²) < 4.78 is 0. The average Bonchev–Trinajstić information content (AvgIpc) is 2.46. The van der Waals surface area contributed by atoms with Gasteiger partial charge in [0.2, 0.25) is 0 Å². The van der Waals surface area contributed by atoms with Crippen molar-refractivity contribution in [3.8, 4) is 0 Å². The van der Waals surface area contributed by atoms with E-state index >= 15 is 0 Å². The molecule has 4 fully saturated rings. The van der Waals surface area contributed by atoms with Gasteiger partial charge in [-0.2, -0.15) is 0 Å². The number of carbonyl (C=O) groups excluding carboxylic acids is 1. The molecule has 0 radical (unpaired) electrons. The molecule has 5 rings (SSSR count). The molecule has 4 bridgehead atoms. The lowest BCUT2D eigenvalue weighted by molar-refractivity contribution is -0.0525. The molecule has 0 aliphatic heterocycles. The van der Waals surface area contributed by atoms with Gasteiger partial charge in [-0.3, -0.25) is 9.69 Å². The van der Waals surface area contributed by atoms with Crippen LogP contribution in [0.1, 0.15) is 48.9 Å². The first kappa shape index (κ1) is 14.2. The van der Waals surface area contributed by atoms with Crippen LogP contribution in [0.2, 0.25) is 0 Å². The molecule has 1 aromatic carbocycles. The Kier molecular flexibility index (Phi) is 3.26. The van der Waals surface area contributed by atoms with Crippen molar-refractivity contribution in [1.82, 2.24) is 4.90 Å². The van der Waals surface area contributed by atoms with E-state index in [0.717, 1.165) is 37.0 Å². The van der Waals surface area contributed by atoms with Crippen molar-refractivity contribution < 1.29 is 4.79 Å². The van der Waals surface area contributed by atoms with Crippen molar-refractivity contribution in [2.75, 3.05) is 0 Å². The summed E-state index contributed by atoms with van der Waals surface area (Å²) in [5.41, 5.74) is 6.60. The van der Waals surface area contributed by atoms with Gasteiger partial charge < -0.3 is 5.73 Å². The zero-order valence-electron chi connectivity index (χ0n) is 12.7. The summed E-state index contributed by atoms with van der Waals surface area (Å²) in [4.78, 5) is 14.8. The smallest absolute Gasteiger partial charge is 0.260 e. The molecular formula is C18H22N2OS. The highest BCUT2D eigenvalue weighted by atomic mass is 32.1. The zero-order valence-corrected chi connectivity index (χ0v) is 13.5. The zero-order chi connectivity index (χ0) is 15.3. The van der Waals surface area contributed by atoms with Gasteiger partial charge in [-0.25, -0.2) is 0 Å². The van der Waals surface area contributed by atoms with Gasteiger partial charge in [0.1, 0.15) is 0 Å². The summed E-state index contributed by atoms with van der Waals surface area (Å²) in [5, 5.41) is 0.246. The molecule has 116 valence electrons. The van der Waals surface area contributed by atoms with Gasteiger partial charge in [0, 0.05) is 5.56 Å². The maximum Gasteiger partial charge on any atom is 0.260 e. The Morgan fingerprint density at radius 3 is 2.00 bits per heavy atom. The lowest BCUT2D eigenvalue weighted by Crippen LogP contribution is -2.64. The summed E-state index contributed by atoms with van der Waals surface area (Å²) in [6.07, 6.45) is 7.25. The van der Waals surface area contributed by atoms with Gasteiger partial charge in [0.15, 0.2) is 5.11 Å². The van der Waals surface area contributed by atoms with Crippen molar-refractivity contribution in [2.24, 2.45) is 23.5 Å². The number of amides is 1. The molecule has 0 heterocycles. The van der Waals surface area contributed by atoms with Crippen molar-refractivity contribution in [1.29, 1.82) is 0 Å². The Morgan fingerprint density at radius 1 is 1.05 bits per heavy atom. The number of thiocarbonyl (C=S) groups is 1. The number of carbonyl (C=O) groups is 1. The number of nitrogens with two attached hydrogens (primary N) is 1. The summed E-state index contributed by atoms with van der Waals surface area (Å²) in [6.45, 7) is 0. The van der Waals surface area contributed by atoms with Crippen molar-refractivity contribution in [2.45, 2.75) is 44.1 Å². The predicted molar refractivity (Wildman–Crippen MR) is 90.3 cm³/mol. The molecule has 22 heavy (non-hydrogen) atoms. The highest BCUT2D eigenvalue weighted by molar-refractivity contribution is 7.80. The van der Waals surface area contributed by atoms with Crippen LogP contribution < -0.4 is 5.73 Å². The van der Waals surface area contributed by atoms with Crippen LogP contribution in [0.4, 0.5) is 0 Å². The second-order valence-corrected chi connectivity index (χ2v) is 7.90. The normalized spacial score (nSPS) is 35.4. The van der Waals surface area contributed by atoms with E-state index < -0.39 is 0 Å². The summed E-state index contributed by atoms with van der Waals surface area (Å²) in [7, 11) is 0. The Hall–Kier alpha value is -1.42. The summed E-state index contributed by atoms with van der Waals surface area (Å²) >= 11 is 5.31. The van der Waals surface area contributed by atoms with E-state index in [-0.39, 0.29) is 16.6 Å². The molecule has 0 atom stereocenters. The van der Waals surface area contributed by atoms with Crippen molar-refractivity contribution in [3.05, 3.63) is 35.9 Å². The van der Waals surface area contributed by atoms with E-state index in [9.17, 15) is 4.79 Å². The Labute approximate surface area is 136 Å². The topological polar surface area (TPSA) is 46.3 Å². The number of hydrogen-bond acceptors (Lipinski definition) is 2. The average molecular weight is 314 g/mol. The monoisotopic (exact) mass is 314 g/mol. The largest absolute Gasteiger partial charge is 0.376 e. The van der Waals surface area contributed by atoms with E-state index in [0.29, 0.717) is 5.56 Å². The lowest BCUT2D eigenvalue weighted by Gasteiger charge is -2.59. The maximum absolute atomic E-state index is 13.1. The molecule has 1 aromatic rings. The quantitative estimate of drug-likeness (QED) is 0.852. The van der Waals surface area contributed by atoms with Gasteiger partial charge in [0.25, 0.3) is 5.91 Å². The van der Waals surface area contributed by atoms with Gasteiger partial charge in [0.05, 0.1) is 5.54 Å². The van der Waals surface area contributed by atoms with Crippen LogP contribution in [-0.2, 0) is 0 Å². The number of nitrogens with zero attached hydrogens (tertiary/aromatic N) is 1. The summed E-state index contributed by atoms with van der Waals surface area (Å²) in [5.74, 6) is 2.25. The van der Waals surface area contributed by atoms with E-state index in [1.807, 2.05) is 30.3 Å². The summed E-state index contributed by atoms with van der Waals surface area (Å²) in [6, 6.07) is 9.42. The van der Waals surface area contributed by atoms with Crippen molar-refractivity contribution in [3.63, 3.8) is 0 Å². The highest BCUT2D eigenvalue weighted by Crippen LogP contribution is 2.58. The third kappa shape index (κ3) is 2.16. The predicted octanol–water partition coefficient (Wildman–Crippen LogP) is 3.34. The molecule has 4 aliphatic carbocycles. The van der Waals surface area contributed by atoms with Gasteiger partial charge in [-0.15, -0.1) is 0 Å². The maximum atomic E-state index is 13.1. The van der Waals surface area contributed by atoms with Gasteiger partial charge in [-0.05, 0) is 80.6 Å². The second kappa shape index (κ2) is 5.05. The molecule has 2 N–H and O–H groups in total. The fraction of sp³-hybridized carbons (Fsp3) is 0.556. The van der Waals surface area contributed by atoms with Crippen molar-refractivity contribution >= 4 is 23.2 Å². The number of rotatable bonds is 2. The Morgan fingerprint density at radius 2 is 1.55 bits per heavy atom. The highest BCUT2D eigenvalue weighted by Gasteiger charge is 2.55. The molecule has 0 unspecified atom stereocenters. The van der Waals surface area contributed by atoms with Crippen LogP contribution in [-0.4, -0.2) is 21.5 Å². The van der Waals surface area contributed by atoms with Crippen LogP contribution in [0.5, 0.6) is 0 Å². The minimum absolute atomic E-state index is 0.0185. The third-order valence-corrected chi connectivity index (χ3v) is 6.11. The second-order valence-electron chi connectivity index (χ2n) is 7.49. The van der Waals surface area contributed by atoms with E-state index in [1.165, 1.54) is 19.3 Å². The van der Waals surface area contributed by atoms with Crippen LogP contribution >= 0.6 is 12.2 Å². The van der Waals surface area contributed by atoms with E-state index in [1.54, 1.807) is 4.90 Å². The fourth-order valence-electron chi connectivity index (χ4n) is 5.60. The van der Waals surface area contributed by atoms with E-state index in [4.69, 9.17) is 18.0 Å². The molecule has 0 spiro atoms. The molecule has 0 aromatic heterocycles. The number of hydrogen-bond donors (Lipinski definition) is 1. The first-order chi connectivity index (χ1) is 10.6. The standard InChI is InChI=1S/C18H22N2OS/c19-17(22)20(16(21)15-4-2-1-3-5-15)18-9-12-6-13(10-18)8-14(7-12)11-18/h1-5,12-14H,6-11H2,(H2,19,22). The van der Waals surface area contributed by atoms with Crippen LogP contribution in [0.3, 0.4) is 0 Å². The Balaban J connectivity index is 1.71. The van der Waals surface area contributed by atoms with Crippen LogP contribution in [0.15, 0.2) is 30.3 Å². The van der Waals surface area contributed by atoms with Crippen LogP contribution in [0.25, 0.3) is 0 Å². The minimum Gasteiger partial charge on any atom is -0.376 e.